The summed E-state index contributed by atoms with van der Waals surface area (Å²) >= 11 is 0. The zero-order chi connectivity index (χ0) is 16.0. The van der Waals surface area contributed by atoms with Crippen LogP contribution in [0, 0.1) is 0 Å². The van der Waals surface area contributed by atoms with Crippen molar-refractivity contribution in [3.05, 3.63) is 0 Å². The van der Waals surface area contributed by atoms with Gasteiger partial charge in [-0.1, -0.05) is 0 Å². The Morgan fingerprint density at radius 3 is 2.19 bits per heavy atom. The molecular weight excluding hydrogens is 272 g/mol. The maximum Gasteiger partial charge on any atom is 0.116 e. The Morgan fingerprint density at radius 1 is 1.19 bits per heavy atom. The molecule has 2 aliphatic heterocycles. The zero-order valence-electron chi connectivity index (χ0n) is 14.1. The van der Waals surface area contributed by atoms with Gasteiger partial charge in [-0.3, -0.25) is 9.80 Å². The molecule has 0 aliphatic carbocycles. The average Bonchev–Trinajstić information content (AvgIpc) is 2.86. The van der Waals surface area contributed by atoms with Crippen LogP contribution in [0.5, 0.6) is 0 Å². The summed E-state index contributed by atoms with van der Waals surface area (Å²) in [5.74, 6) is 0. The van der Waals surface area contributed by atoms with Crippen LogP contribution in [0.3, 0.4) is 0 Å². The molecule has 0 aromatic rings. The van der Waals surface area contributed by atoms with E-state index < -0.39 is 0 Å². The molecule has 3 unspecified atom stereocenters. The van der Waals surface area contributed by atoms with Gasteiger partial charge in [0.1, 0.15) is 5.72 Å². The lowest BCUT2D eigenvalue weighted by Gasteiger charge is -2.30. The van der Waals surface area contributed by atoms with Gasteiger partial charge in [0.2, 0.25) is 0 Å². The Hall–Kier alpha value is -0.240. The molecule has 0 spiro atoms. The van der Waals surface area contributed by atoms with Gasteiger partial charge in [0.25, 0.3) is 0 Å². The summed E-state index contributed by atoms with van der Waals surface area (Å²) in [5.41, 5.74) is -0.184. The number of hydrogen-bond donors (Lipinski definition) is 2. The van der Waals surface area contributed by atoms with Crippen LogP contribution in [0.4, 0.5) is 0 Å². The minimum atomic E-state index is -0.268. The third kappa shape index (κ3) is 6.59. The van der Waals surface area contributed by atoms with Crippen molar-refractivity contribution < 1.29 is 19.7 Å². The predicted octanol–water partition coefficient (Wildman–Crippen LogP) is 0.481. The topological polar surface area (TPSA) is 65.4 Å². The quantitative estimate of drug-likeness (QED) is 0.788. The highest BCUT2D eigenvalue weighted by molar-refractivity contribution is 4.78. The monoisotopic (exact) mass is 304 g/mol. The van der Waals surface area contributed by atoms with Crippen LogP contribution in [0.15, 0.2) is 0 Å². The van der Waals surface area contributed by atoms with E-state index in [1.165, 1.54) is 0 Å². The molecule has 126 valence electrons. The first kappa shape index (κ1) is 18.8. The van der Waals surface area contributed by atoms with Crippen molar-refractivity contribution >= 4 is 0 Å². The molecule has 0 aromatic heterocycles. The second-order valence-corrected chi connectivity index (χ2v) is 6.56. The molecule has 6 nitrogen and oxygen atoms in total. The minimum absolute atomic E-state index is 0.184. The van der Waals surface area contributed by atoms with E-state index in [-0.39, 0.29) is 17.9 Å². The summed E-state index contributed by atoms with van der Waals surface area (Å²) in [6, 6.07) is 0.467. The molecular formula is C15H32N2O4. The maximum absolute atomic E-state index is 9.15. The fourth-order valence-electron chi connectivity index (χ4n) is 2.54. The van der Waals surface area contributed by atoms with E-state index in [9.17, 15) is 0 Å². The number of hydrogen-bond acceptors (Lipinski definition) is 6. The van der Waals surface area contributed by atoms with Crippen molar-refractivity contribution in [1.82, 2.24) is 9.80 Å². The van der Waals surface area contributed by atoms with E-state index in [1.54, 1.807) is 13.8 Å². The highest BCUT2D eigenvalue weighted by Gasteiger charge is 2.33. The summed E-state index contributed by atoms with van der Waals surface area (Å²) in [4.78, 5) is 4.28. The van der Waals surface area contributed by atoms with Gasteiger partial charge in [-0.2, -0.15) is 0 Å². The molecule has 3 atom stereocenters. The predicted molar refractivity (Wildman–Crippen MR) is 82.0 cm³/mol. The molecule has 0 aromatic carbocycles. The van der Waals surface area contributed by atoms with Crippen molar-refractivity contribution in [3.8, 4) is 0 Å². The molecule has 0 bridgehead atoms. The van der Waals surface area contributed by atoms with Gasteiger partial charge in [-0.05, 0) is 34.6 Å². The molecule has 2 rings (SSSR count). The molecule has 0 radical (unpaired) electrons. The lowest BCUT2D eigenvalue weighted by Crippen LogP contribution is -2.42. The number of β-amino-alcohol motifs (C(OH)–C–C–N with tert-alkyl or cyclic N) is 2. The van der Waals surface area contributed by atoms with Gasteiger partial charge in [0.15, 0.2) is 0 Å². The largest absolute Gasteiger partial charge is 0.392 e. The zero-order valence-corrected chi connectivity index (χ0v) is 14.1. The highest BCUT2D eigenvalue weighted by atomic mass is 16.5. The van der Waals surface area contributed by atoms with Crippen LogP contribution >= 0.6 is 0 Å². The number of rotatable bonds is 4. The SMILES string of the molecule is CC(O)CN1CCOC1(C)C.CC(O)CN1COCC1C. The van der Waals surface area contributed by atoms with E-state index in [4.69, 9.17) is 19.7 Å². The van der Waals surface area contributed by atoms with Crippen molar-refractivity contribution in [2.24, 2.45) is 0 Å². The van der Waals surface area contributed by atoms with Gasteiger partial charge >= 0.3 is 0 Å². The van der Waals surface area contributed by atoms with Crippen LogP contribution in [0.1, 0.15) is 34.6 Å². The van der Waals surface area contributed by atoms with Gasteiger partial charge in [0.05, 0.1) is 32.2 Å². The lowest BCUT2D eigenvalue weighted by atomic mass is 10.2. The first-order chi connectivity index (χ1) is 9.72. The minimum Gasteiger partial charge on any atom is -0.392 e. The fourth-order valence-corrected chi connectivity index (χ4v) is 2.54. The van der Waals surface area contributed by atoms with E-state index in [0.29, 0.717) is 19.3 Å². The van der Waals surface area contributed by atoms with E-state index >= 15 is 0 Å². The first-order valence-electron chi connectivity index (χ1n) is 7.79. The average molecular weight is 304 g/mol. The van der Waals surface area contributed by atoms with Crippen LogP contribution in [0.2, 0.25) is 0 Å². The van der Waals surface area contributed by atoms with Crippen molar-refractivity contribution in [2.75, 3.05) is 39.6 Å². The van der Waals surface area contributed by atoms with Gasteiger partial charge in [0, 0.05) is 25.7 Å². The van der Waals surface area contributed by atoms with Gasteiger partial charge < -0.3 is 19.7 Å². The van der Waals surface area contributed by atoms with Crippen LogP contribution < -0.4 is 0 Å². The summed E-state index contributed by atoms with van der Waals surface area (Å²) in [6.45, 7) is 14.4. The molecule has 6 heteroatoms. The summed E-state index contributed by atoms with van der Waals surface area (Å²) < 4.78 is 10.7. The standard InChI is InChI=1S/C8H17NO2.C7H15NO2/c1-7(10)6-9-4-5-11-8(9,2)3;1-6-4-10-5-8(6)3-7(2)9/h7,10H,4-6H2,1-3H3;6-7,9H,3-5H2,1-2H3. The molecule has 2 N–H and O–H groups in total. The van der Waals surface area contributed by atoms with Crippen molar-refractivity contribution in [3.63, 3.8) is 0 Å². The van der Waals surface area contributed by atoms with E-state index in [2.05, 4.69) is 16.7 Å². The Bertz CT molecular complexity index is 297. The second kappa shape index (κ2) is 8.41. The Kier molecular flexibility index (Phi) is 7.53. The van der Waals surface area contributed by atoms with Crippen LogP contribution in [-0.2, 0) is 9.47 Å². The molecule has 2 aliphatic rings. The van der Waals surface area contributed by atoms with Gasteiger partial charge in [-0.15, -0.1) is 0 Å². The fraction of sp³-hybridized carbons (Fsp3) is 1.00. The van der Waals surface area contributed by atoms with E-state index in [0.717, 1.165) is 26.3 Å². The molecule has 0 saturated carbocycles. The number of aliphatic hydroxyl groups excluding tert-OH is 2. The molecule has 2 saturated heterocycles. The number of aliphatic hydroxyl groups is 2. The number of nitrogens with zero attached hydrogens (tertiary/aromatic N) is 2. The third-order valence-electron chi connectivity index (χ3n) is 3.80. The van der Waals surface area contributed by atoms with E-state index in [1.807, 2.05) is 13.8 Å². The van der Waals surface area contributed by atoms with Crippen molar-refractivity contribution in [2.45, 2.75) is 58.6 Å². The summed E-state index contributed by atoms with van der Waals surface area (Å²) in [7, 11) is 0. The van der Waals surface area contributed by atoms with Crippen molar-refractivity contribution in [1.29, 1.82) is 0 Å². The Balaban J connectivity index is 0.000000211. The van der Waals surface area contributed by atoms with Gasteiger partial charge in [-0.25, -0.2) is 0 Å². The Labute approximate surface area is 128 Å². The summed E-state index contributed by atoms with van der Waals surface area (Å²) in [6.07, 6.45) is -0.514. The normalized spacial score (nSPS) is 29.0. The lowest BCUT2D eigenvalue weighted by molar-refractivity contribution is -0.0616. The summed E-state index contributed by atoms with van der Waals surface area (Å²) in [5, 5.41) is 18.2. The van der Waals surface area contributed by atoms with Crippen LogP contribution in [-0.4, -0.2) is 83.6 Å². The third-order valence-corrected chi connectivity index (χ3v) is 3.80. The maximum atomic E-state index is 9.15. The molecule has 0 amide bonds. The first-order valence-corrected chi connectivity index (χ1v) is 7.79. The molecule has 2 heterocycles. The Morgan fingerprint density at radius 2 is 1.81 bits per heavy atom. The highest BCUT2D eigenvalue weighted by Crippen LogP contribution is 2.21. The smallest absolute Gasteiger partial charge is 0.116 e. The molecule has 2 fully saturated rings. The van der Waals surface area contributed by atoms with Crippen LogP contribution in [0.25, 0.3) is 0 Å². The number of ether oxygens (including phenoxy) is 2. The molecule has 21 heavy (non-hydrogen) atoms. The second-order valence-electron chi connectivity index (χ2n) is 6.56.